The Morgan fingerprint density at radius 2 is 2.04 bits per heavy atom. The number of imidazole rings is 2. The minimum Gasteiger partial charge on any atom is -0.364 e. The van der Waals surface area contributed by atoms with E-state index in [1.807, 2.05) is 45.1 Å². The first-order valence-electron chi connectivity index (χ1n) is 8.85. The molecule has 6 rings (SSSR count). The molecular weight excluding hydrogens is 376 g/mol. The maximum absolute atomic E-state index is 11.7. The Hall–Kier alpha value is -3.53. The maximum Gasteiger partial charge on any atom is 0.269 e. The molecule has 28 heavy (non-hydrogen) atoms. The maximum atomic E-state index is 11.7. The van der Waals surface area contributed by atoms with Gasteiger partial charge < -0.3 is 5.73 Å². The van der Waals surface area contributed by atoms with Crippen LogP contribution in [0.15, 0.2) is 42.2 Å². The van der Waals surface area contributed by atoms with Gasteiger partial charge in [-0.25, -0.2) is 14.5 Å². The molecule has 0 aliphatic heterocycles. The third-order valence-electron chi connectivity index (χ3n) is 4.89. The van der Waals surface area contributed by atoms with Crippen molar-refractivity contribution in [2.24, 2.45) is 5.73 Å². The summed E-state index contributed by atoms with van der Waals surface area (Å²) in [5.41, 5.74) is 9.31. The summed E-state index contributed by atoms with van der Waals surface area (Å²) in [7, 11) is 0. The number of carbonyl (C=O) groups excluding carboxylic acids is 1. The van der Waals surface area contributed by atoms with Crippen molar-refractivity contribution in [3.8, 4) is 22.8 Å². The second-order valence-corrected chi connectivity index (χ2v) is 7.65. The molecule has 5 aromatic rings. The van der Waals surface area contributed by atoms with Gasteiger partial charge in [0.2, 0.25) is 0 Å². The molecule has 1 saturated carbocycles. The van der Waals surface area contributed by atoms with Gasteiger partial charge in [-0.15, -0.1) is 11.3 Å². The molecule has 5 heterocycles. The van der Waals surface area contributed by atoms with Crippen LogP contribution in [0.5, 0.6) is 0 Å². The topological polar surface area (TPSA) is 108 Å². The molecule has 1 amide bonds. The molecule has 1 aliphatic carbocycles. The minimum atomic E-state index is -0.575. The first-order chi connectivity index (χ1) is 13.7. The zero-order valence-corrected chi connectivity index (χ0v) is 15.4. The van der Waals surface area contributed by atoms with E-state index in [0.717, 1.165) is 22.0 Å². The molecule has 5 aromatic heterocycles. The third-order valence-corrected chi connectivity index (χ3v) is 5.65. The van der Waals surface area contributed by atoms with E-state index in [1.165, 1.54) is 23.6 Å². The van der Waals surface area contributed by atoms with E-state index >= 15 is 0 Å². The Labute approximate surface area is 162 Å². The van der Waals surface area contributed by atoms with Crippen molar-refractivity contribution < 1.29 is 4.79 Å². The van der Waals surface area contributed by atoms with Crippen molar-refractivity contribution in [1.82, 2.24) is 33.8 Å². The molecule has 0 saturated heterocycles. The molecule has 0 bridgehead atoms. The summed E-state index contributed by atoms with van der Waals surface area (Å²) in [6.07, 6.45) is 7.73. The number of hydrogen-bond acceptors (Lipinski definition) is 6. The van der Waals surface area contributed by atoms with Crippen molar-refractivity contribution in [2.45, 2.75) is 18.9 Å². The molecule has 0 radical (unpaired) electrons. The number of amides is 1. The lowest BCUT2D eigenvalue weighted by atomic mass is 10.2. The minimum absolute atomic E-state index is 0.238. The van der Waals surface area contributed by atoms with E-state index in [2.05, 4.69) is 10.1 Å². The van der Waals surface area contributed by atoms with Gasteiger partial charge in [-0.05, 0) is 31.0 Å². The van der Waals surface area contributed by atoms with Crippen molar-refractivity contribution in [1.29, 1.82) is 0 Å². The lowest BCUT2D eigenvalue weighted by molar-refractivity contribution is 0.0993. The van der Waals surface area contributed by atoms with Crippen molar-refractivity contribution in [3.63, 3.8) is 0 Å². The molecule has 9 nitrogen and oxygen atoms in total. The number of rotatable bonds is 4. The molecule has 0 aromatic carbocycles. The molecule has 0 atom stereocenters. The highest BCUT2D eigenvalue weighted by Gasteiger charge is 2.26. The summed E-state index contributed by atoms with van der Waals surface area (Å²) >= 11 is 1.55. The van der Waals surface area contributed by atoms with E-state index in [0.29, 0.717) is 17.4 Å². The quantitative estimate of drug-likeness (QED) is 0.507. The van der Waals surface area contributed by atoms with E-state index in [9.17, 15) is 4.79 Å². The average Bonchev–Trinajstić information content (AvgIpc) is 3.08. The number of nitrogens with zero attached hydrogens (tertiary/aromatic N) is 7. The number of thiazole rings is 1. The van der Waals surface area contributed by atoms with Crippen LogP contribution in [0, 0.1) is 0 Å². The third kappa shape index (κ3) is 2.21. The highest BCUT2D eigenvalue weighted by atomic mass is 32.1. The number of primary amides is 1. The zero-order chi connectivity index (χ0) is 18.8. The highest BCUT2D eigenvalue weighted by molar-refractivity contribution is 7.15. The van der Waals surface area contributed by atoms with Crippen LogP contribution in [0.3, 0.4) is 0 Å². The smallest absolute Gasteiger partial charge is 0.269 e. The Balaban J connectivity index is 1.58. The normalized spacial score (nSPS) is 14.3. The van der Waals surface area contributed by atoms with Gasteiger partial charge >= 0.3 is 0 Å². The van der Waals surface area contributed by atoms with Crippen LogP contribution in [0.25, 0.3) is 33.4 Å². The lowest BCUT2D eigenvalue weighted by Gasteiger charge is -2.04. The number of aromatic nitrogens is 7. The number of carbonyl (C=O) groups is 1. The molecule has 10 heteroatoms. The van der Waals surface area contributed by atoms with Gasteiger partial charge in [0.05, 0.1) is 12.2 Å². The predicted molar refractivity (Wildman–Crippen MR) is 103 cm³/mol. The van der Waals surface area contributed by atoms with Crippen LogP contribution in [0.1, 0.15) is 29.4 Å². The van der Waals surface area contributed by atoms with Crippen LogP contribution in [-0.2, 0) is 0 Å². The number of nitrogens with two attached hydrogens (primary N) is 1. The second kappa shape index (κ2) is 5.49. The summed E-state index contributed by atoms with van der Waals surface area (Å²) in [4.78, 5) is 21.5. The summed E-state index contributed by atoms with van der Waals surface area (Å²) in [5, 5.41) is 11.3. The number of hydrogen-bond donors (Lipinski definition) is 1. The van der Waals surface area contributed by atoms with E-state index < -0.39 is 5.91 Å². The summed E-state index contributed by atoms with van der Waals surface area (Å²) in [6, 6.07) is 6.17. The van der Waals surface area contributed by atoms with Crippen molar-refractivity contribution >= 4 is 27.9 Å². The summed E-state index contributed by atoms with van der Waals surface area (Å²) in [5.74, 6) is -0.575. The van der Waals surface area contributed by atoms with Gasteiger partial charge in [0.15, 0.2) is 10.6 Å². The Morgan fingerprint density at radius 1 is 1.14 bits per heavy atom. The van der Waals surface area contributed by atoms with Crippen molar-refractivity contribution in [2.75, 3.05) is 0 Å². The first-order valence-corrected chi connectivity index (χ1v) is 9.73. The molecule has 1 aliphatic rings. The average molecular weight is 390 g/mol. The van der Waals surface area contributed by atoms with Crippen LogP contribution in [0.4, 0.5) is 0 Å². The predicted octanol–water partition coefficient (Wildman–Crippen LogP) is 2.40. The molecule has 1 fully saturated rings. The molecule has 2 N–H and O–H groups in total. The SMILES string of the molecule is NC(=O)c1cnc2ccc(-c3c(-c4ccn(C5CC5)n4)nc4sccn34)nn12. The molecule has 138 valence electrons. The van der Waals surface area contributed by atoms with Crippen LogP contribution in [-0.4, -0.2) is 39.7 Å². The van der Waals surface area contributed by atoms with Crippen LogP contribution < -0.4 is 5.73 Å². The Bertz CT molecular complexity index is 1370. The van der Waals surface area contributed by atoms with E-state index in [1.54, 1.807) is 11.3 Å². The fourth-order valence-corrected chi connectivity index (χ4v) is 4.10. The van der Waals surface area contributed by atoms with Crippen LogP contribution in [0.2, 0.25) is 0 Å². The largest absolute Gasteiger partial charge is 0.364 e. The lowest BCUT2D eigenvalue weighted by Crippen LogP contribution is -2.15. The fraction of sp³-hybridized carbons (Fsp3) is 0.167. The van der Waals surface area contributed by atoms with Gasteiger partial charge in [0.25, 0.3) is 5.91 Å². The fourth-order valence-electron chi connectivity index (χ4n) is 3.38. The summed E-state index contributed by atoms with van der Waals surface area (Å²) < 4.78 is 5.46. The standard InChI is InChI=1S/C18H14N8OS/c19-17(27)13-9-20-14-4-3-12(23-26(13)14)16-15(21-18-24(16)7-8-28-18)11-5-6-25(22-11)10-1-2-10/h3-10H,1-2H2,(H2,19,27). The van der Waals surface area contributed by atoms with Gasteiger partial charge in [0.1, 0.15) is 28.5 Å². The van der Waals surface area contributed by atoms with Gasteiger partial charge in [-0.2, -0.15) is 10.2 Å². The molecule has 0 spiro atoms. The van der Waals surface area contributed by atoms with E-state index in [-0.39, 0.29) is 5.69 Å². The van der Waals surface area contributed by atoms with Gasteiger partial charge in [-0.3, -0.25) is 13.9 Å². The Morgan fingerprint density at radius 3 is 2.86 bits per heavy atom. The zero-order valence-electron chi connectivity index (χ0n) is 14.6. The highest BCUT2D eigenvalue weighted by Crippen LogP contribution is 2.37. The molecular formula is C18H14N8OS. The van der Waals surface area contributed by atoms with Crippen molar-refractivity contribution in [3.05, 3.63) is 47.9 Å². The van der Waals surface area contributed by atoms with Gasteiger partial charge in [-0.1, -0.05) is 0 Å². The number of fused-ring (bicyclic) bond motifs is 2. The monoisotopic (exact) mass is 390 g/mol. The van der Waals surface area contributed by atoms with Gasteiger partial charge in [0, 0.05) is 17.8 Å². The Kier molecular flexibility index (Phi) is 3.04. The van der Waals surface area contributed by atoms with E-state index in [4.69, 9.17) is 15.8 Å². The first kappa shape index (κ1) is 15.5. The molecule has 0 unspecified atom stereocenters. The second-order valence-electron chi connectivity index (χ2n) is 6.77. The summed E-state index contributed by atoms with van der Waals surface area (Å²) in [6.45, 7) is 0. The van der Waals surface area contributed by atoms with Crippen LogP contribution >= 0.6 is 11.3 Å².